The molecule has 0 aromatic rings. The fourth-order valence-electron chi connectivity index (χ4n) is 1.20. The predicted octanol–water partition coefficient (Wildman–Crippen LogP) is 1.48. The fraction of sp³-hybridized carbons (Fsp3) is 0.857. The van der Waals surface area contributed by atoms with Crippen molar-refractivity contribution in [2.45, 2.75) is 25.7 Å². The second-order valence-electron chi connectivity index (χ2n) is 2.51. The first-order valence-corrected chi connectivity index (χ1v) is 3.65. The smallest absolute Gasteiger partial charge is 0.0360 e. The van der Waals surface area contributed by atoms with E-state index < -0.39 is 0 Å². The van der Waals surface area contributed by atoms with Crippen LogP contribution in [-0.4, -0.2) is 24.8 Å². The first-order chi connectivity index (χ1) is 4.43. The molecule has 1 rings (SSSR count). The highest BCUT2D eigenvalue weighted by molar-refractivity contribution is 5.22. The average Bonchev–Trinajstić information content (AvgIpc) is 2.13. The molecule has 0 spiro atoms. The van der Waals surface area contributed by atoms with Gasteiger partial charge >= 0.3 is 0 Å². The van der Waals surface area contributed by atoms with Gasteiger partial charge in [-0.05, 0) is 12.8 Å². The van der Waals surface area contributed by atoms with Crippen LogP contribution >= 0.6 is 0 Å². The van der Waals surface area contributed by atoms with E-state index in [0.29, 0.717) is 0 Å². The third kappa shape index (κ3) is 2.04. The Kier molecular flexibility index (Phi) is 2.55. The van der Waals surface area contributed by atoms with Crippen molar-refractivity contribution in [1.82, 2.24) is 5.01 Å². The Morgan fingerprint density at radius 3 is 2.00 bits per heavy atom. The molecule has 0 amide bonds. The minimum Gasteiger partial charge on any atom is -0.298 e. The number of rotatable bonds is 1. The van der Waals surface area contributed by atoms with Crippen LogP contribution in [-0.2, 0) is 0 Å². The van der Waals surface area contributed by atoms with E-state index in [1.165, 1.54) is 25.7 Å². The summed E-state index contributed by atoms with van der Waals surface area (Å²) in [5, 5.41) is 5.95. The molecule has 0 radical (unpaired) electrons. The van der Waals surface area contributed by atoms with Crippen molar-refractivity contribution in [3.05, 3.63) is 0 Å². The Morgan fingerprint density at radius 2 is 1.56 bits per heavy atom. The topological polar surface area (TPSA) is 15.6 Å². The third-order valence-corrected chi connectivity index (χ3v) is 1.78. The summed E-state index contributed by atoms with van der Waals surface area (Å²) < 4.78 is 0. The van der Waals surface area contributed by atoms with Crippen LogP contribution in [0.5, 0.6) is 0 Å². The van der Waals surface area contributed by atoms with Crippen molar-refractivity contribution >= 4 is 6.72 Å². The molecular weight excluding hydrogens is 112 g/mol. The van der Waals surface area contributed by atoms with Gasteiger partial charge in [0.2, 0.25) is 0 Å². The molecule has 0 atom stereocenters. The molecule has 9 heavy (non-hydrogen) atoms. The Morgan fingerprint density at radius 1 is 1.00 bits per heavy atom. The summed E-state index contributed by atoms with van der Waals surface area (Å²) in [6.07, 6.45) is 5.32. The van der Waals surface area contributed by atoms with Gasteiger partial charge in [-0.25, -0.2) is 0 Å². The summed E-state index contributed by atoms with van der Waals surface area (Å²) in [5.74, 6) is 0. The van der Waals surface area contributed by atoms with Gasteiger partial charge in [-0.2, -0.15) is 5.10 Å². The maximum atomic E-state index is 3.89. The van der Waals surface area contributed by atoms with E-state index in [9.17, 15) is 0 Å². The Hall–Kier alpha value is -0.530. The van der Waals surface area contributed by atoms with E-state index in [-0.39, 0.29) is 0 Å². The quantitative estimate of drug-likeness (QED) is 0.486. The molecule has 0 unspecified atom stereocenters. The van der Waals surface area contributed by atoms with Crippen LogP contribution in [0.4, 0.5) is 0 Å². The van der Waals surface area contributed by atoms with Crippen molar-refractivity contribution in [3.8, 4) is 0 Å². The number of hydrazone groups is 1. The SMILES string of the molecule is C=NN1CCCCCC1. The monoisotopic (exact) mass is 126 g/mol. The van der Waals surface area contributed by atoms with Gasteiger partial charge < -0.3 is 0 Å². The second-order valence-corrected chi connectivity index (χ2v) is 2.51. The molecule has 2 heteroatoms. The number of hydrogen-bond donors (Lipinski definition) is 0. The lowest BCUT2D eigenvalue weighted by molar-refractivity contribution is 0.303. The summed E-state index contributed by atoms with van der Waals surface area (Å²) in [6, 6.07) is 0. The standard InChI is InChI=1S/C7H14N2/c1-8-9-6-4-2-3-5-7-9/h1-7H2. The second kappa shape index (κ2) is 3.49. The molecule has 0 aromatic heterocycles. The summed E-state index contributed by atoms with van der Waals surface area (Å²) in [7, 11) is 0. The molecule has 0 saturated carbocycles. The zero-order chi connectivity index (χ0) is 6.53. The highest BCUT2D eigenvalue weighted by Crippen LogP contribution is 2.08. The van der Waals surface area contributed by atoms with Gasteiger partial charge in [-0.15, -0.1) is 0 Å². The first-order valence-electron chi connectivity index (χ1n) is 3.65. The van der Waals surface area contributed by atoms with Crippen molar-refractivity contribution < 1.29 is 0 Å². The van der Waals surface area contributed by atoms with Crippen LogP contribution in [0.1, 0.15) is 25.7 Å². The minimum absolute atomic E-state index is 1.11. The molecule has 0 bridgehead atoms. The van der Waals surface area contributed by atoms with Crippen LogP contribution in [0.2, 0.25) is 0 Å². The molecule has 1 heterocycles. The van der Waals surface area contributed by atoms with Crippen LogP contribution in [0.15, 0.2) is 5.10 Å². The number of nitrogens with zero attached hydrogens (tertiary/aromatic N) is 2. The molecule has 1 aliphatic rings. The third-order valence-electron chi connectivity index (χ3n) is 1.78. The molecule has 0 N–H and O–H groups in total. The molecular formula is C7H14N2. The van der Waals surface area contributed by atoms with Gasteiger partial charge in [0.1, 0.15) is 0 Å². The van der Waals surface area contributed by atoms with Gasteiger partial charge in [0, 0.05) is 19.8 Å². The molecule has 1 aliphatic heterocycles. The zero-order valence-corrected chi connectivity index (χ0v) is 5.84. The van der Waals surface area contributed by atoms with Crippen molar-refractivity contribution in [2.75, 3.05) is 13.1 Å². The van der Waals surface area contributed by atoms with Crippen LogP contribution < -0.4 is 0 Å². The molecule has 1 fully saturated rings. The van der Waals surface area contributed by atoms with Gasteiger partial charge in [-0.1, -0.05) is 12.8 Å². The zero-order valence-electron chi connectivity index (χ0n) is 5.84. The van der Waals surface area contributed by atoms with Crippen LogP contribution in [0, 0.1) is 0 Å². The largest absolute Gasteiger partial charge is 0.298 e. The molecule has 0 aliphatic carbocycles. The van der Waals surface area contributed by atoms with E-state index in [2.05, 4.69) is 16.8 Å². The van der Waals surface area contributed by atoms with E-state index >= 15 is 0 Å². The van der Waals surface area contributed by atoms with E-state index in [4.69, 9.17) is 0 Å². The Balaban J connectivity index is 2.26. The maximum Gasteiger partial charge on any atom is 0.0360 e. The van der Waals surface area contributed by atoms with Crippen molar-refractivity contribution in [3.63, 3.8) is 0 Å². The average molecular weight is 126 g/mol. The van der Waals surface area contributed by atoms with E-state index in [0.717, 1.165) is 13.1 Å². The lowest BCUT2D eigenvalue weighted by Gasteiger charge is -2.13. The lowest BCUT2D eigenvalue weighted by Crippen LogP contribution is -2.16. The van der Waals surface area contributed by atoms with Crippen molar-refractivity contribution in [2.24, 2.45) is 5.10 Å². The first kappa shape index (κ1) is 6.59. The minimum atomic E-state index is 1.11. The number of hydrogen-bond acceptors (Lipinski definition) is 2. The Labute approximate surface area is 56.5 Å². The van der Waals surface area contributed by atoms with Crippen LogP contribution in [0.3, 0.4) is 0 Å². The lowest BCUT2D eigenvalue weighted by atomic mass is 10.2. The van der Waals surface area contributed by atoms with Crippen molar-refractivity contribution in [1.29, 1.82) is 0 Å². The normalized spacial score (nSPS) is 21.1. The van der Waals surface area contributed by atoms with Gasteiger partial charge in [0.05, 0.1) is 0 Å². The summed E-state index contributed by atoms with van der Waals surface area (Å²) in [4.78, 5) is 0. The van der Waals surface area contributed by atoms with Crippen LogP contribution in [0.25, 0.3) is 0 Å². The van der Waals surface area contributed by atoms with Gasteiger partial charge in [-0.3, -0.25) is 5.01 Å². The molecule has 0 aromatic carbocycles. The molecule has 2 nitrogen and oxygen atoms in total. The highest BCUT2D eigenvalue weighted by Gasteiger charge is 2.03. The highest BCUT2D eigenvalue weighted by atomic mass is 15.4. The molecule has 1 saturated heterocycles. The fourth-order valence-corrected chi connectivity index (χ4v) is 1.20. The predicted molar refractivity (Wildman–Crippen MR) is 39.6 cm³/mol. The van der Waals surface area contributed by atoms with E-state index in [1.54, 1.807) is 0 Å². The summed E-state index contributed by atoms with van der Waals surface area (Å²) in [5.41, 5.74) is 0. The molecule has 52 valence electrons. The van der Waals surface area contributed by atoms with Gasteiger partial charge in [0.15, 0.2) is 0 Å². The van der Waals surface area contributed by atoms with E-state index in [1.807, 2.05) is 0 Å². The summed E-state index contributed by atoms with van der Waals surface area (Å²) in [6.45, 7) is 5.73. The summed E-state index contributed by atoms with van der Waals surface area (Å²) >= 11 is 0. The van der Waals surface area contributed by atoms with Gasteiger partial charge in [0.25, 0.3) is 0 Å². The Bertz CT molecular complexity index is 82.9. The maximum absolute atomic E-state index is 3.89.